The van der Waals surface area contributed by atoms with Gasteiger partial charge in [0.25, 0.3) is 12.3 Å². The maximum absolute atomic E-state index is 13.1. The number of hydrogen-bond acceptors (Lipinski definition) is 3. The van der Waals surface area contributed by atoms with E-state index in [1.807, 2.05) is 13.8 Å². The quantitative estimate of drug-likeness (QED) is 0.877. The molecular weight excluding hydrogens is 280 g/mol. The topological polar surface area (TPSA) is 58.4 Å². The minimum Gasteiger partial charge on any atom is -0.389 e. The zero-order valence-corrected chi connectivity index (χ0v) is 13.1. The molecule has 5 nitrogen and oxygen atoms in total. The van der Waals surface area contributed by atoms with Gasteiger partial charge >= 0.3 is 0 Å². The van der Waals surface area contributed by atoms with Crippen molar-refractivity contribution in [2.45, 2.75) is 46.3 Å². The van der Waals surface area contributed by atoms with Crippen molar-refractivity contribution >= 4 is 5.91 Å². The fraction of sp³-hybridized carbons (Fsp3) is 0.714. The molecule has 21 heavy (non-hydrogen) atoms. The predicted octanol–water partition coefficient (Wildman–Crippen LogP) is 2.32. The first kappa shape index (κ1) is 17.6. The number of carbonyl (C=O) groups excluding carboxylic acids is 1. The molecule has 1 rings (SSSR count). The van der Waals surface area contributed by atoms with E-state index in [0.29, 0.717) is 6.54 Å². The molecular formula is C14H23F2N3O2. The molecule has 1 aromatic heterocycles. The highest BCUT2D eigenvalue weighted by Gasteiger charge is 2.28. The lowest BCUT2D eigenvalue weighted by Gasteiger charge is -2.25. The molecule has 0 aliphatic heterocycles. The van der Waals surface area contributed by atoms with Crippen molar-refractivity contribution in [1.82, 2.24) is 14.7 Å². The number of halogens is 2. The predicted molar refractivity (Wildman–Crippen MR) is 75.3 cm³/mol. The number of aliphatic hydroxyl groups is 1. The second kappa shape index (κ2) is 6.51. The van der Waals surface area contributed by atoms with Crippen LogP contribution in [0.2, 0.25) is 0 Å². The molecule has 1 amide bonds. The van der Waals surface area contributed by atoms with Gasteiger partial charge in [-0.25, -0.2) is 8.78 Å². The summed E-state index contributed by atoms with van der Waals surface area (Å²) in [5.41, 5.74) is -1.73. The van der Waals surface area contributed by atoms with Crippen molar-refractivity contribution in [3.05, 3.63) is 17.5 Å². The number of nitrogens with zero attached hydrogens (tertiary/aromatic N) is 3. The molecule has 7 heteroatoms. The molecule has 0 unspecified atom stereocenters. The van der Waals surface area contributed by atoms with E-state index in [9.17, 15) is 18.7 Å². The van der Waals surface area contributed by atoms with E-state index in [0.717, 1.165) is 0 Å². The lowest BCUT2D eigenvalue weighted by Crippen LogP contribution is -2.40. The average molecular weight is 303 g/mol. The van der Waals surface area contributed by atoms with E-state index in [1.54, 1.807) is 13.8 Å². The molecule has 1 aromatic rings. The smallest absolute Gasteiger partial charge is 0.274 e. The van der Waals surface area contributed by atoms with Gasteiger partial charge in [-0.3, -0.25) is 9.48 Å². The maximum atomic E-state index is 13.1. The molecule has 1 heterocycles. The highest BCUT2D eigenvalue weighted by Crippen LogP contribution is 2.23. The zero-order chi connectivity index (χ0) is 16.4. The minimum atomic E-state index is -2.76. The number of aromatic nitrogens is 2. The molecule has 0 saturated heterocycles. The van der Waals surface area contributed by atoms with Crippen LogP contribution in [0.3, 0.4) is 0 Å². The third-order valence-electron chi connectivity index (χ3n) is 2.75. The fourth-order valence-electron chi connectivity index (χ4n) is 2.06. The second-order valence-corrected chi connectivity index (χ2v) is 6.32. The van der Waals surface area contributed by atoms with Gasteiger partial charge in [0.1, 0.15) is 0 Å². The maximum Gasteiger partial charge on any atom is 0.274 e. The number of alkyl halides is 2. The molecule has 1 N–H and O–H groups in total. The Hall–Kier alpha value is -1.50. The summed E-state index contributed by atoms with van der Waals surface area (Å²) in [6.45, 7) is 7.45. The van der Waals surface area contributed by atoms with E-state index in [-0.39, 0.29) is 23.7 Å². The van der Waals surface area contributed by atoms with Crippen molar-refractivity contribution in [3.63, 3.8) is 0 Å². The standard InChI is InChI=1S/C14H23F2N3O2/c1-9(2)6-19-7-10(12(15)16)11(17-19)13(20)18(5)8-14(3,4)21/h7,9,12,21H,6,8H2,1-5H3. The molecule has 120 valence electrons. The molecule has 0 saturated carbocycles. The first-order valence-electron chi connectivity index (χ1n) is 6.84. The van der Waals surface area contributed by atoms with Gasteiger partial charge < -0.3 is 10.0 Å². The van der Waals surface area contributed by atoms with Crippen molar-refractivity contribution in [3.8, 4) is 0 Å². The van der Waals surface area contributed by atoms with E-state index >= 15 is 0 Å². The Kier molecular flexibility index (Phi) is 5.44. The van der Waals surface area contributed by atoms with Gasteiger partial charge in [0.05, 0.1) is 11.2 Å². The van der Waals surface area contributed by atoms with Crippen LogP contribution in [0.1, 0.15) is 50.2 Å². The highest BCUT2D eigenvalue weighted by atomic mass is 19.3. The number of hydrogen-bond donors (Lipinski definition) is 1. The van der Waals surface area contributed by atoms with Crippen LogP contribution in [-0.2, 0) is 6.54 Å². The molecule has 0 radical (unpaired) electrons. The zero-order valence-electron chi connectivity index (χ0n) is 13.1. The van der Waals surface area contributed by atoms with Gasteiger partial charge in [-0.2, -0.15) is 5.10 Å². The van der Waals surface area contributed by atoms with Gasteiger partial charge in [-0.1, -0.05) is 13.8 Å². The largest absolute Gasteiger partial charge is 0.389 e. The summed E-state index contributed by atoms with van der Waals surface area (Å²) < 4.78 is 27.5. The first-order valence-corrected chi connectivity index (χ1v) is 6.84. The van der Waals surface area contributed by atoms with Crippen molar-refractivity contribution in [2.75, 3.05) is 13.6 Å². The number of likely N-dealkylation sites (N-methyl/N-ethyl adjacent to an activating group) is 1. The normalized spacial score (nSPS) is 12.3. The number of carbonyl (C=O) groups is 1. The van der Waals surface area contributed by atoms with E-state index < -0.39 is 17.9 Å². The molecule has 0 aromatic carbocycles. The van der Waals surface area contributed by atoms with Crippen LogP contribution >= 0.6 is 0 Å². The van der Waals surface area contributed by atoms with Gasteiger partial charge in [0, 0.05) is 26.3 Å². The van der Waals surface area contributed by atoms with Crippen molar-refractivity contribution in [1.29, 1.82) is 0 Å². The average Bonchev–Trinajstić information content (AvgIpc) is 2.68. The SMILES string of the molecule is CC(C)Cn1cc(C(F)F)c(C(=O)N(C)CC(C)(C)O)n1. The second-order valence-electron chi connectivity index (χ2n) is 6.32. The lowest BCUT2D eigenvalue weighted by atomic mass is 10.1. The molecule has 0 aliphatic carbocycles. The number of amides is 1. The van der Waals surface area contributed by atoms with E-state index in [4.69, 9.17) is 0 Å². The third-order valence-corrected chi connectivity index (χ3v) is 2.75. The van der Waals surface area contributed by atoms with Gasteiger partial charge in [-0.05, 0) is 19.8 Å². The van der Waals surface area contributed by atoms with E-state index in [2.05, 4.69) is 5.10 Å². The lowest BCUT2D eigenvalue weighted by molar-refractivity contribution is 0.0360. The van der Waals surface area contributed by atoms with Crippen LogP contribution in [-0.4, -0.2) is 44.9 Å². The Balaban J connectivity index is 3.04. The highest BCUT2D eigenvalue weighted by molar-refractivity contribution is 5.93. The Morgan fingerprint density at radius 3 is 2.48 bits per heavy atom. The van der Waals surface area contributed by atoms with Crippen LogP contribution < -0.4 is 0 Å². The Morgan fingerprint density at radius 2 is 2.05 bits per heavy atom. The first-order chi connectivity index (χ1) is 9.51. The fourth-order valence-corrected chi connectivity index (χ4v) is 2.06. The Labute approximate surface area is 123 Å². The summed E-state index contributed by atoms with van der Waals surface area (Å²) in [4.78, 5) is 13.5. The van der Waals surface area contributed by atoms with Crippen LogP contribution in [0.5, 0.6) is 0 Å². The van der Waals surface area contributed by atoms with Crippen LogP contribution in [0.15, 0.2) is 6.20 Å². The summed E-state index contributed by atoms with van der Waals surface area (Å²) in [6.07, 6.45) is -1.55. The minimum absolute atomic E-state index is 0.0333. The third kappa shape index (κ3) is 5.08. The summed E-state index contributed by atoms with van der Waals surface area (Å²) >= 11 is 0. The summed E-state index contributed by atoms with van der Waals surface area (Å²) in [5.74, 6) is -0.387. The van der Waals surface area contributed by atoms with Crippen molar-refractivity contribution < 1.29 is 18.7 Å². The molecule has 0 aliphatic rings. The Bertz CT molecular complexity index is 493. The summed E-state index contributed by atoms with van der Waals surface area (Å²) in [7, 11) is 1.46. The summed E-state index contributed by atoms with van der Waals surface area (Å²) in [6, 6.07) is 0. The molecule has 0 bridgehead atoms. The van der Waals surface area contributed by atoms with Gasteiger partial charge in [0.2, 0.25) is 0 Å². The van der Waals surface area contributed by atoms with Crippen molar-refractivity contribution in [2.24, 2.45) is 5.92 Å². The van der Waals surface area contributed by atoms with Crippen LogP contribution in [0.25, 0.3) is 0 Å². The van der Waals surface area contributed by atoms with Crippen LogP contribution in [0.4, 0.5) is 8.78 Å². The monoisotopic (exact) mass is 303 g/mol. The van der Waals surface area contributed by atoms with E-state index in [1.165, 1.54) is 22.8 Å². The van der Waals surface area contributed by atoms with Gasteiger partial charge in [-0.15, -0.1) is 0 Å². The summed E-state index contributed by atoms with van der Waals surface area (Å²) in [5, 5.41) is 13.7. The molecule has 0 spiro atoms. The Morgan fingerprint density at radius 1 is 1.48 bits per heavy atom. The van der Waals surface area contributed by atoms with Crippen LogP contribution in [0, 0.1) is 5.92 Å². The number of rotatable bonds is 6. The molecule has 0 atom stereocenters. The van der Waals surface area contributed by atoms with Gasteiger partial charge in [0.15, 0.2) is 5.69 Å². The molecule has 0 fully saturated rings.